The lowest BCUT2D eigenvalue weighted by atomic mass is 10.1. The van der Waals surface area contributed by atoms with Crippen LogP contribution in [0.4, 0.5) is 5.69 Å². The molecule has 0 aliphatic heterocycles. The minimum Gasteiger partial charge on any atom is -0.395 e. The van der Waals surface area contributed by atoms with Crippen LogP contribution < -0.4 is 4.23 Å². The largest absolute Gasteiger partial charge is 0.442 e. The molecular formula is C12H23NO2Si2. The number of rotatable bonds is 3. The number of benzene rings is 1. The second kappa shape index (κ2) is 4.57. The van der Waals surface area contributed by atoms with E-state index in [1.807, 2.05) is 36.3 Å². The number of hydrogen-bond acceptors (Lipinski definition) is 3. The Bertz CT molecular complexity index is 374. The molecule has 0 aliphatic rings. The Morgan fingerprint density at radius 3 is 1.65 bits per heavy atom. The van der Waals surface area contributed by atoms with Crippen LogP contribution in [0.5, 0.6) is 0 Å². The van der Waals surface area contributed by atoms with Crippen LogP contribution in [0.3, 0.4) is 0 Å². The second-order valence-electron chi connectivity index (χ2n) is 5.72. The third-order valence-corrected chi connectivity index (χ3v) is 8.68. The molecule has 96 valence electrons. The molecule has 0 saturated carbocycles. The Morgan fingerprint density at radius 1 is 0.941 bits per heavy atom. The van der Waals surface area contributed by atoms with Crippen molar-refractivity contribution in [2.75, 3.05) is 4.23 Å². The number of hydrogen-bond donors (Lipinski definition) is 2. The van der Waals surface area contributed by atoms with E-state index in [0.29, 0.717) is 0 Å². The van der Waals surface area contributed by atoms with Gasteiger partial charge in [0, 0.05) is 5.69 Å². The zero-order valence-corrected chi connectivity index (χ0v) is 13.6. The average molecular weight is 269 g/mol. The molecule has 0 heterocycles. The Balaban J connectivity index is 3.44. The van der Waals surface area contributed by atoms with Crippen LogP contribution in [0.15, 0.2) is 18.2 Å². The van der Waals surface area contributed by atoms with Crippen LogP contribution in [0.2, 0.25) is 26.2 Å². The van der Waals surface area contributed by atoms with Crippen molar-refractivity contribution in [3.05, 3.63) is 29.3 Å². The zero-order valence-electron chi connectivity index (χ0n) is 11.6. The van der Waals surface area contributed by atoms with Gasteiger partial charge in [0.1, 0.15) is 8.24 Å². The molecule has 0 spiro atoms. The molecule has 1 rings (SSSR count). The third-order valence-electron chi connectivity index (χ3n) is 2.76. The molecule has 0 saturated heterocycles. The molecule has 1 aromatic carbocycles. The maximum absolute atomic E-state index is 10.2. The van der Waals surface area contributed by atoms with E-state index in [0.717, 1.165) is 16.8 Å². The zero-order chi connectivity index (χ0) is 13.4. The van der Waals surface area contributed by atoms with Gasteiger partial charge in [-0.3, -0.25) is 0 Å². The van der Waals surface area contributed by atoms with Gasteiger partial charge in [0.15, 0.2) is 0 Å². The summed E-state index contributed by atoms with van der Waals surface area (Å²) in [4.78, 5) is 20.3. The summed E-state index contributed by atoms with van der Waals surface area (Å²) in [5.41, 5.74) is 3.22. The highest BCUT2D eigenvalue weighted by molar-refractivity contribution is 6.94. The van der Waals surface area contributed by atoms with Crippen LogP contribution in [0.1, 0.15) is 11.1 Å². The summed E-state index contributed by atoms with van der Waals surface area (Å²) in [5.74, 6) is 0. The first-order valence-corrected chi connectivity index (χ1v) is 11.7. The van der Waals surface area contributed by atoms with Crippen molar-refractivity contribution in [3.8, 4) is 0 Å². The van der Waals surface area contributed by atoms with Crippen LogP contribution in [-0.4, -0.2) is 26.5 Å². The minimum atomic E-state index is -3.33. The summed E-state index contributed by atoms with van der Waals surface area (Å²) in [6.45, 7) is 12.0. The molecule has 0 radical (unpaired) electrons. The molecule has 0 fully saturated rings. The lowest BCUT2D eigenvalue weighted by Crippen LogP contribution is -2.63. The summed E-state index contributed by atoms with van der Waals surface area (Å²) in [6, 6.07) is 6.05. The summed E-state index contributed by atoms with van der Waals surface area (Å²) >= 11 is 0. The third kappa shape index (κ3) is 3.19. The highest BCUT2D eigenvalue weighted by atomic mass is 28.4. The van der Waals surface area contributed by atoms with E-state index in [2.05, 4.69) is 19.6 Å². The fraction of sp³-hybridized carbons (Fsp3) is 0.500. The van der Waals surface area contributed by atoms with E-state index in [1.54, 1.807) is 6.55 Å². The van der Waals surface area contributed by atoms with Crippen molar-refractivity contribution in [1.82, 2.24) is 0 Å². The molecule has 2 N–H and O–H groups in total. The highest BCUT2D eigenvalue weighted by Gasteiger charge is 2.41. The number of anilines is 1. The second-order valence-corrected chi connectivity index (χ2v) is 13.3. The SMILES string of the molecule is Cc1cccc(C)c1N([Si](C)(C)C)[Si](C)(O)O. The van der Waals surface area contributed by atoms with E-state index in [4.69, 9.17) is 0 Å². The quantitative estimate of drug-likeness (QED) is 0.829. The standard InChI is InChI=1S/C12H23NO2Si2/c1-10-8-7-9-11(2)12(10)13(16(3,4)5)17(6,14)15/h7-9,14-15H,1-6H3. The maximum atomic E-state index is 10.2. The first-order chi connectivity index (χ1) is 7.55. The fourth-order valence-corrected chi connectivity index (χ4v) is 9.22. The van der Waals surface area contributed by atoms with E-state index in [1.165, 1.54) is 0 Å². The van der Waals surface area contributed by atoms with Gasteiger partial charge in [-0.2, -0.15) is 0 Å². The van der Waals surface area contributed by atoms with Crippen LogP contribution in [-0.2, 0) is 0 Å². The number of aryl methyl sites for hydroxylation is 2. The first-order valence-electron chi connectivity index (χ1n) is 5.86. The molecule has 0 unspecified atom stereocenters. The monoisotopic (exact) mass is 269 g/mol. The van der Waals surface area contributed by atoms with E-state index < -0.39 is 17.0 Å². The maximum Gasteiger partial charge on any atom is 0.442 e. The van der Waals surface area contributed by atoms with Crippen molar-refractivity contribution in [3.63, 3.8) is 0 Å². The van der Waals surface area contributed by atoms with Crippen molar-refractivity contribution < 1.29 is 9.59 Å². The molecule has 1 aromatic rings. The van der Waals surface area contributed by atoms with E-state index >= 15 is 0 Å². The average Bonchev–Trinajstić information content (AvgIpc) is 2.06. The van der Waals surface area contributed by atoms with Crippen molar-refractivity contribution >= 4 is 22.6 Å². The highest BCUT2D eigenvalue weighted by Crippen LogP contribution is 2.31. The van der Waals surface area contributed by atoms with Gasteiger partial charge >= 0.3 is 8.72 Å². The van der Waals surface area contributed by atoms with Gasteiger partial charge in [-0.15, -0.1) is 0 Å². The molecule has 0 atom stereocenters. The summed E-state index contributed by atoms with van der Waals surface area (Å²) in [6.07, 6.45) is 0. The topological polar surface area (TPSA) is 43.7 Å². The van der Waals surface area contributed by atoms with Crippen LogP contribution >= 0.6 is 0 Å². The molecule has 0 bridgehead atoms. The fourth-order valence-electron chi connectivity index (χ4n) is 2.34. The van der Waals surface area contributed by atoms with Crippen molar-refractivity contribution in [1.29, 1.82) is 0 Å². The van der Waals surface area contributed by atoms with Gasteiger partial charge in [0.05, 0.1) is 0 Å². The van der Waals surface area contributed by atoms with E-state index in [9.17, 15) is 9.59 Å². The molecule has 0 aromatic heterocycles. The molecule has 17 heavy (non-hydrogen) atoms. The molecule has 0 amide bonds. The Kier molecular flexibility index (Phi) is 3.88. The predicted molar refractivity (Wildman–Crippen MR) is 77.8 cm³/mol. The summed E-state index contributed by atoms with van der Waals surface area (Å²) in [7, 11) is -5.16. The number of nitrogens with zero attached hydrogens (tertiary/aromatic N) is 1. The predicted octanol–water partition coefficient (Wildman–Crippen LogP) is 2.50. The minimum absolute atomic E-state index is 1.01. The normalized spacial score (nSPS) is 12.7. The Hall–Kier alpha value is -0.626. The molecular weight excluding hydrogens is 246 g/mol. The van der Waals surface area contributed by atoms with Gasteiger partial charge < -0.3 is 13.8 Å². The van der Waals surface area contributed by atoms with Gasteiger partial charge in [-0.05, 0) is 31.5 Å². The van der Waals surface area contributed by atoms with Gasteiger partial charge in [0.2, 0.25) is 0 Å². The lowest BCUT2D eigenvalue weighted by Gasteiger charge is -2.43. The summed E-state index contributed by atoms with van der Waals surface area (Å²) in [5, 5.41) is 0. The van der Waals surface area contributed by atoms with Gasteiger partial charge in [-0.25, -0.2) is 0 Å². The molecule has 5 heteroatoms. The Labute approximate surface area is 106 Å². The van der Waals surface area contributed by atoms with Crippen LogP contribution in [0, 0.1) is 13.8 Å². The number of para-hydroxylation sites is 1. The van der Waals surface area contributed by atoms with Crippen LogP contribution in [0.25, 0.3) is 0 Å². The van der Waals surface area contributed by atoms with Gasteiger partial charge in [0.25, 0.3) is 0 Å². The molecule has 3 nitrogen and oxygen atoms in total. The lowest BCUT2D eigenvalue weighted by molar-refractivity contribution is 0.373. The smallest absolute Gasteiger partial charge is 0.395 e. The molecule has 0 aliphatic carbocycles. The van der Waals surface area contributed by atoms with Crippen molar-refractivity contribution in [2.24, 2.45) is 0 Å². The van der Waals surface area contributed by atoms with Crippen molar-refractivity contribution in [2.45, 2.75) is 40.0 Å². The van der Waals surface area contributed by atoms with Gasteiger partial charge in [-0.1, -0.05) is 37.8 Å². The van der Waals surface area contributed by atoms with E-state index in [-0.39, 0.29) is 0 Å². The summed E-state index contributed by atoms with van der Waals surface area (Å²) < 4.78 is 1.92. The Morgan fingerprint density at radius 2 is 1.35 bits per heavy atom. The first kappa shape index (κ1) is 14.4.